The van der Waals surface area contributed by atoms with E-state index in [1.807, 2.05) is 0 Å². The van der Waals surface area contributed by atoms with E-state index in [2.05, 4.69) is 52.6 Å². The molecule has 5 atom stereocenters. The van der Waals surface area contributed by atoms with Crippen molar-refractivity contribution in [2.24, 2.45) is 17.8 Å². The maximum Gasteiger partial charge on any atom is 0.0299 e. The Morgan fingerprint density at radius 1 is 1.00 bits per heavy atom. The maximum absolute atomic E-state index is 3.74. The largest absolute Gasteiger partial charge is 0.0878 e. The summed E-state index contributed by atoms with van der Waals surface area (Å²) in [6.07, 6.45) is 1.31. The van der Waals surface area contributed by atoms with Crippen LogP contribution in [0.25, 0.3) is 0 Å². The van der Waals surface area contributed by atoms with Gasteiger partial charge in [-0.05, 0) is 24.2 Å². The van der Waals surface area contributed by atoms with E-state index in [-0.39, 0.29) is 0 Å². The fourth-order valence-corrected chi connectivity index (χ4v) is 3.61. The van der Waals surface area contributed by atoms with Gasteiger partial charge in [0.05, 0.1) is 0 Å². The van der Waals surface area contributed by atoms with Crippen molar-refractivity contribution in [3.05, 3.63) is 0 Å². The van der Waals surface area contributed by atoms with Gasteiger partial charge in [-0.25, -0.2) is 0 Å². The van der Waals surface area contributed by atoms with Crippen LogP contribution in [-0.2, 0) is 0 Å². The lowest BCUT2D eigenvalue weighted by Crippen LogP contribution is -2.37. The molecule has 1 rings (SSSR count). The average Bonchev–Trinajstić information content (AvgIpc) is 1.97. The van der Waals surface area contributed by atoms with E-state index in [9.17, 15) is 0 Å². The number of halogens is 2. The zero-order valence-corrected chi connectivity index (χ0v) is 10.5. The lowest BCUT2D eigenvalue weighted by atomic mass is 9.75. The molecule has 0 radical (unpaired) electrons. The first kappa shape index (κ1) is 10.0. The number of rotatable bonds is 0. The fraction of sp³-hybridized carbons (Fsp3) is 1.00. The maximum atomic E-state index is 3.74. The van der Waals surface area contributed by atoms with Crippen LogP contribution < -0.4 is 0 Å². The van der Waals surface area contributed by atoms with Crippen molar-refractivity contribution in [1.82, 2.24) is 0 Å². The van der Waals surface area contributed by atoms with E-state index in [4.69, 9.17) is 0 Å². The molecule has 1 saturated carbocycles. The summed E-state index contributed by atoms with van der Waals surface area (Å²) in [4.78, 5) is 1.33. The molecule has 11 heavy (non-hydrogen) atoms. The molecule has 0 aliphatic heterocycles. The standard InChI is InChI=1S/C9H16Br2/c1-5-4-8(10)9(11)7(3)6(5)2/h5-9H,4H2,1-3H3/t5-,6-,7-,8+,9-/m1/s1. The third-order valence-electron chi connectivity index (χ3n) is 3.17. The normalized spacial score (nSPS) is 52.6. The van der Waals surface area contributed by atoms with Crippen molar-refractivity contribution >= 4 is 31.9 Å². The second kappa shape index (κ2) is 3.78. The third-order valence-corrected chi connectivity index (χ3v) is 6.30. The van der Waals surface area contributed by atoms with Crippen LogP contribution in [0.4, 0.5) is 0 Å². The Bertz CT molecular complexity index is 122. The summed E-state index contributed by atoms with van der Waals surface area (Å²) >= 11 is 7.46. The molecule has 1 aliphatic carbocycles. The van der Waals surface area contributed by atoms with E-state index in [1.165, 1.54) is 6.42 Å². The van der Waals surface area contributed by atoms with Gasteiger partial charge in [0.1, 0.15) is 0 Å². The lowest BCUT2D eigenvalue weighted by molar-refractivity contribution is 0.215. The minimum absolute atomic E-state index is 0.661. The third kappa shape index (κ3) is 2.00. The van der Waals surface area contributed by atoms with Gasteiger partial charge in [-0.3, -0.25) is 0 Å². The Morgan fingerprint density at radius 3 is 2.09 bits per heavy atom. The van der Waals surface area contributed by atoms with Gasteiger partial charge >= 0.3 is 0 Å². The van der Waals surface area contributed by atoms with Crippen LogP contribution >= 0.6 is 31.9 Å². The minimum Gasteiger partial charge on any atom is -0.0878 e. The molecule has 0 aromatic carbocycles. The summed E-state index contributed by atoms with van der Waals surface area (Å²) in [6.45, 7) is 7.06. The van der Waals surface area contributed by atoms with Crippen LogP contribution in [0.3, 0.4) is 0 Å². The van der Waals surface area contributed by atoms with E-state index in [1.54, 1.807) is 0 Å². The Kier molecular flexibility index (Phi) is 3.45. The number of hydrogen-bond donors (Lipinski definition) is 0. The molecule has 0 aromatic heterocycles. The second-order valence-corrected chi connectivity index (χ2v) is 6.13. The summed E-state index contributed by atoms with van der Waals surface area (Å²) in [5.41, 5.74) is 0. The zero-order chi connectivity index (χ0) is 8.59. The van der Waals surface area contributed by atoms with Gasteiger partial charge in [-0.1, -0.05) is 52.6 Å². The van der Waals surface area contributed by atoms with Gasteiger partial charge in [0.15, 0.2) is 0 Å². The van der Waals surface area contributed by atoms with Crippen LogP contribution in [0, 0.1) is 17.8 Å². The van der Waals surface area contributed by atoms with E-state index >= 15 is 0 Å². The Labute approximate surface area is 86.4 Å². The molecule has 0 aromatic rings. The van der Waals surface area contributed by atoms with Gasteiger partial charge in [0.25, 0.3) is 0 Å². The van der Waals surface area contributed by atoms with Gasteiger partial charge < -0.3 is 0 Å². The molecule has 0 amide bonds. The van der Waals surface area contributed by atoms with Crippen LogP contribution in [0.5, 0.6) is 0 Å². The highest BCUT2D eigenvalue weighted by atomic mass is 79.9. The molecule has 2 heteroatoms. The Balaban J connectivity index is 2.63. The molecule has 0 spiro atoms. The molecule has 0 saturated heterocycles. The van der Waals surface area contributed by atoms with E-state index < -0.39 is 0 Å². The van der Waals surface area contributed by atoms with Crippen molar-refractivity contribution in [3.63, 3.8) is 0 Å². The first-order chi connectivity index (χ1) is 5.04. The van der Waals surface area contributed by atoms with Crippen molar-refractivity contribution in [1.29, 1.82) is 0 Å². The summed E-state index contributed by atoms with van der Waals surface area (Å²) in [6, 6.07) is 0. The lowest BCUT2D eigenvalue weighted by Gasteiger charge is -2.39. The predicted octanol–water partition coefficient (Wildman–Crippen LogP) is 3.83. The first-order valence-corrected chi connectivity index (χ1v) is 6.15. The number of alkyl halides is 2. The van der Waals surface area contributed by atoms with Crippen molar-refractivity contribution < 1.29 is 0 Å². The van der Waals surface area contributed by atoms with Crippen molar-refractivity contribution in [2.75, 3.05) is 0 Å². The summed E-state index contributed by atoms with van der Waals surface area (Å²) in [7, 11) is 0. The molecule has 0 N–H and O–H groups in total. The molecule has 66 valence electrons. The predicted molar refractivity (Wildman–Crippen MR) is 57.5 cm³/mol. The highest BCUT2D eigenvalue weighted by molar-refractivity contribution is 9.12. The minimum atomic E-state index is 0.661. The molecule has 0 bridgehead atoms. The van der Waals surface area contributed by atoms with E-state index in [0.717, 1.165) is 17.8 Å². The molecular formula is C9H16Br2. The van der Waals surface area contributed by atoms with Crippen LogP contribution in [-0.4, -0.2) is 9.65 Å². The summed E-state index contributed by atoms with van der Waals surface area (Å²) in [5.74, 6) is 2.51. The monoisotopic (exact) mass is 282 g/mol. The second-order valence-electron chi connectivity index (χ2n) is 3.89. The zero-order valence-electron chi connectivity index (χ0n) is 7.35. The van der Waals surface area contributed by atoms with Crippen molar-refractivity contribution in [2.45, 2.75) is 36.8 Å². The SMILES string of the molecule is C[C@@H]1[C@H](C)[C@H](C)C[C@H](Br)[C@@H]1Br. The fourth-order valence-electron chi connectivity index (χ4n) is 1.84. The van der Waals surface area contributed by atoms with E-state index in [0.29, 0.717) is 9.65 Å². The van der Waals surface area contributed by atoms with Crippen LogP contribution in [0.15, 0.2) is 0 Å². The average molecular weight is 284 g/mol. The smallest absolute Gasteiger partial charge is 0.0299 e. The van der Waals surface area contributed by atoms with Crippen LogP contribution in [0.2, 0.25) is 0 Å². The first-order valence-electron chi connectivity index (χ1n) is 4.32. The Hall–Kier alpha value is 0.960. The molecule has 0 nitrogen and oxygen atoms in total. The number of hydrogen-bond acceptors (Lipinski definition) is 0. The quantitative estimate of drug-likeness (QED) is 0.593. The summed E-state index contributed by atoms with van der Waals surface area (Å²) in [5, 5.41) is 0. The molecule has 0 heterocycles. The molecule has 0 unspecified atom stereocenters. The van der Waals surface area contributed by atoms with Crippen LogP contribution in [0.1, 0.15) is 27.2 Å². The highest BCUT2D eigenvalue weighted by Gasteiger charge is 2.35. The molecule has 1 fully saturated rings. The topological polar surface area (TPSA) is 0 Å². The van der Waals surface area contributed by atoms with Gasteiger partial charge in [0, 0.05) is 9.65 Å². The summed E-state index contributed by atoms with van der Waals surface area (Å²) < 4.78 is 0. The highest BCUT2D eigenvalue weighted by Crippen LogP contribution is 2.41. The molecule has 1 aliphatic rings. The van der Waals surface area contributed by atoms with Gasteiger partial charge in [-0.2, -0.15) is 0 Å². The Morgan fingerprint density at radius 2 is 1.55 bits per heavy atom. The molecular weight excluding hydrogens is 268 g/mol. The van der Waals surface area contributed by atoms with Gasteiger partial charge in [-0.15, -0.1) is 0 Å². The van der Waals surface area contributed by atoms with Gasteiger partial charge in [0.2, 0.25) is 0 Å². The van der Waals surface area contributed by atoms with Crippen molar-refractivity contribution in [3.8, 4) is 0 Å².